The van der Waals surface area contributed by atoms with Crippen molar-refractivity contribution in [2.24, 2.45) is 0 Å². The van der Waals surface area contributed by atoms with E-state index in [4.69, 9.17) is 4.74 Å². The van der Waals surface area contributed by atoms with Crippen LogP contribution in [0, 0.1) is 6.92 Å². The van der Waals surface area contributed by atoms with Gasteiger partial charge in [-0.25, -0.2) is 9.97 Å². The van der Waals surface area contributed by atoms with Crippen LogP contribution in [0.1, 0.15) is 44.2 Å². The molecule has 5 heteroatoms. The molecule has 0 aromatic carbocycles. The molecule has 0 radical (unpaired) electrons. The van der Waals surface area contributed by atoms with E-state index in [1.165, 1.54) is 51.6 Å². The van der Waals surface area contributed by atoms with Crippen molar-refractivity contribution < 1.29 is 4.74 Å². The maximum absolute atomic E-state index is 5.79. The first-order chi connectivity index (χ1) is 11.3. The second-order valence-electron chi connectivity index (χ2n) is 7.32. The molecule has 1 unspecified atom stereocenters. The SMILES string of the molecule is Cc1cc(N(C2CC2)C2CCN(CC3CCCO3)CC2)ncn1. The zero-order valence-corrected chi connectivity index (χ0v) is 14.2. The van der Waals surface area contributed by atoms with Gasteiger partial charge in [-0.1, -0.05) is 0 Å². The Kier molecular flexibility index (Phi) is 4.49. The van der Waals surface area contributed by atoms with Crippen LogP contribution in [0.4, 0.5) is 5.82 Å². The predicted octanol–water partition coefficient (Wildman–Crippen LogP) is 2.40. The molecule has 3 heterocycles. The normalized spacial score (nSPS) is 26.6. The summed E-state index contributed by atoms with van der Waals surface area (Å²) >= 11 is 0. The van der Waals surface area contributed by atoms with Gasteiger partial charge in [-0.05, 0) is 45.4 Å². The van der Waals surface area contributed by atoms with E-state index in [1.807, 2.05) is 0 Å². The number of hydrogen-bond donors (Lipinski definition) is 0. The Bertz CT molecular complexity index is 520. The Morgan fingerprint density at radius 3 is 2.57 bits per heavy atom. The number of rotatable bonds is 5. The lowest BCUT2D eigenvalue weighted by Gasteiger charge is -2.40. The molecule has 2 saturated heterocycles. The molecule has 1 aliphatic carbocycles. The second-order valence-corrected chi connectivity index (χ2v) is 7.32. The van der Waals surface area contributed by atoms with Gasteiger partial charge < -0.3 is 14.5 Å². The topological polar surface area (TPSA) is 41.5 Å². The summed E-state index contributed by atoms with van der Waals surface area (Å²) in [6.07, 6.45) is 9.80. The van der Waals surface area contributed by atoms with Crippen LogP contribution >= 0.6 is 0 Å². The van der Waals surface area contributed by atoms with Crippen LogP contribution in [-0.4, -0.2) is 59.3 Å². The summed E-state index contributed by atoms with van der Waals surface area (Å²) in [4.78, 5) is 14.0. The van der Waals surface area contributed by atoms with Crippen molar-refractivity contribution in [2.75, 3.05) is 31.1 Å². The number of nitrogens with zero attached hydrogens (tertiary/aromatic N) is 4. The number of aryl methyl sites for hydroxylation is 1. The molecule has 2 aliphatic heterocycles. The van der Waals surface area contributed by atoms with E-state index in [2.05, 4.69) is 32.8 Å². The van der Waals surface area contributed by atoms with Gasteiger partial charge in [-0.2, -0.15) is 0 Å². The highest BCUT2D eigenvalue weighted by atomic mass is 16.5. The maximum Gasteiger partial charge on any atom is 0.132 e. The minimum absolute atomic E-state index is 0.482. The highest BCUT2D eigenvalue weighted by Crippen LogP contribution is 2.35. The molecule has 3 fully saturated rings. The quantitative estimate of drug-likeness (QED) is 0.834. The largest absolute Gasteiger partial charge is 0.377 e. The number of piperidine rings is 1. The molecule has 1 aromatic rings. The van der Waals surface area contributed by atoms with Gasteiger partial charge in [0.15, 0.2) is 0 Å². The summed E-state index contributed by atoms with van der Waals surface area (Å²) in [6.45, 7) is 6.53. The van der Waals surface area contributed by atoms with Crippen LogP contribution < -0.4 is 4.90 Å². The average Bonchev–Trinajstić information content (AvgIpc) is 3.25. The summed E-state index contributed by atoms with van der Waals surface area (Å²) in [5.41, 5.74) is 1.07. The molecule has 4 rings (SSSR count). The molecule has 1 atom stereocenters. The molecule has 0 bridgehead atoms. The lowest BCUT2D eigenvalue weighted by atomic mass is 10.0. The van der Waals surface area contributed by atoms with Crippen molar-refractivity contribution in [1.82, 2.24) is 14.9 Å². The van der Waals surface area contributed by atoms with E-state index in [0.717, 1.165) is 24.7 Å². The Labute approximate surface area is 139 Å². The third kappa shape index (κ3) is 3.66. The molecular weight excluding hydrogens is 288 g/mol. The fourth-order valence-corrected chi connectivity index (χ4v) is 4.06. The van der Waals surface area contributed by atoms with E-state index in [0.29, 0.717) is 18.2 Å². The first kappa shape index (κ1) is 15.3. The Balaban J connectivity index is 1.37. The molecular formula is C18H28N4O. The van der Waals surface area contributed by atoms with Crippen molar-refractivity contribution in [3.05, 3.63) is 18.1 Å². The van der Waals surface area contributed by atoms with Crippen LogP contribution in [0.5, 0.6) is 0 Å². The van der Waals surface area contributed by atoms with Crippen LogP contribution in [0.2, 0.25) is 0 Å². The highest BCUT2D eigenvalue weighted by molar-refractivity contribution is 5.43. The summed E-state index contributed by atoms with van der Waals surface area (Å²) < 4.78 is 5.79. The van der Waals surface area contributed by atoms with Gasteiger partial charge in [0.25, 0.3) is 0 Å². The third-order valence-corrected chi connectivity index (χ3v) is 5.43. The van der Waals surface area contributed by atoms with Crippen molar-refractivity contribution in [3.8, 4) is 0 Å². The third-order valence-electron chi connectivity index (χ3n) is 5.43. The second kappa shape index (κ2) is 6.73. The van der Waals surface area contributed by atoms with Gasteiger partial charge in [0.05, 0.1) is 6.10 Å². The van der Waals surface area contributed by atoms with Gasteiger partial charge in [-0.3, -0.25) is 0 Å². The van der Waals surface area contributed by atoms with Crippen LogP contribution in [0.3, 0.4) is 0 Å². The van der Waals surface area contributed by atoms with Crippen molar-refractivity contribution in [3.63, 3.8) is 0 Å². The number of ether oxygens (including phenoxy) is 1. The smallest absolute Gasteiger partial charge is 0.132 e. The van der Waals surface area contributed by atoms with Gasteiger partial charge in [-0.15, -0.1) is 0 Å². The molecule has 0 N–H and O–H groups in total. The highest BCUT2D eigenvalue weighted by Gasteiger charge is 2.36. The van der Waals surface area contributed by atoms with Crippen LogP contribution in [0.25, 0.3) is 0 Å². The van der Waals surface area contributed by atoms with Crippen LogP contribution in [-0.2, 0) is 4.74 Å². The van der Waals surface area contributed by atoms with E-state index >= 15 is 0 Å². The van der Waals surface area contributed by atoms with E-state index in [-0.39, 0.29) is 0 Å². The minimum Gasteiger partial charge on any atom is -0.377 e. The maximum atomic E-state index is 5.79. The molecule has 0 spiro atoms. The van der Waals surface area contributed by atoms with E-state index in [9.17, 15) is 0 Å². The number of likely N-dealkylation sites (tertiary alicyclic amines) is 1. The Morgan fingerprint density at radius 2 is 1.91 bits per heavy atom. The summed E-state index contributed by atoms with van der Waals surface area (Å²) in [6, 6.07) is 3.49. The van der Waals surface area contributed by atoms with Gasteiger partial charge >= 0.3 is 0 Å². The zero-order chi connectivity index (χ0) is 15.6. The summed E-state index contributed by atoms with van der Waals surface area (Å²) in [5, 5.41) is 0. The monoisotopic (exact) mass is 316 g/mol. The number of anilines is 1. The molecule has 1 aromatic heterocycles. The standard InChI is InChI=1S/C18H28N4O/c1-14-11-18(20-13-19-14)22(15-4-5-15)16-6-8-21(9-7-16)12-17-3-2-10-23-17/h11,13,15-17H,2-10,12H2,1H3. The molecule has 5 nitrogen and oxygen atoms in total. The van der Waals surface area contributed by atoms with Crippen molar-refractivity contribution in [1.29, 1.82) is 0 Å². The average molecular weight is 316 g/mol. The lowest BCUT2D eigenvalue weighted by molar-refractivity contribution is 0.0641. The summed E-state index contributed by atoms with van der Waals surface area (Å²) in [5.74, 6) is 1.14. The first-order valence-corrected chi connectivity index (χ1v) is 9.20. The Morgan fingerprint density at radius 1 is 1.13 bits per heavy atom. The molecule has 0 amide bonds. The van der Waals surface area contributed by atoms with Gasteiger partial charge in [0.2, 0.25) is 0 Å². The van der Waals surface area contributed by atoms with Crippen molar-refractivity contribution >= 4 is 5.82 Å². The van der Waals surface area contributed by atoms with Crippen LogP contribution in [0.15, 0.2) is 12.4 Å². The zero-order valence-electron chi connectivity index (χ0n) is 14.2. The first-order valence-electron chi connectivity index (χ1n) is 9.20. The lowest BCUT2D eigenvalue weighted by Crippen LogP contribution is -2.47. The fourth-order valence-electron chi connectivity index (χ4n) is 4.06. The van der Waals surface area contributed by atoms with Gasteiger partial charge in [0.1, 0.15) is 12.1 Å². The fraction of sp³-hybridized carbons (Fsp3) is 0.778. The summed E-state index contributed by atoms with van der Waals surface area (Å²) in [7, 11) is 0. The molecule has 1 saturated carbocycles. The molecule has 3 aliphatic rings. The van der Waals surface area contributed by atoms with E-state index in [1.54, 1.807) is 6.33 Å². The van der Waals surface area contributed by atoms with Crippen molar-refractivity contribution in [2.45, 2.75) is 63.6 Å². The number of aromatic nitrogens is 2. The number of hydrogen-bond acceptors (Lipinski definition) is 5. The Hall–Kier alpha value is -1.20. The molecule has 23 heavy (non-hydrogen) atoms. The minimum atomic E-state index is 0.482. The van der Waals surface area contributed by atoms with Gasteiger partial charge in [0, 0.05) is 50.1 Å². The predicted molar refractivity (Wildman–Crippen MR) is 90.7 cm³/mol. The van der Waals surface area contributed by atoms with E-state index < -0.39 is 0 Å². The molecule has 126 valence electrons.